The number of ketones is 1. The first kappa shape index (κ1) is 17.5. The van der Waals surface area contributed by atoms with Crippen LogP contribution < -0.4 is 0 Å². The van der Waals surface area contributed by atoms with E-state index >= 15 is 0 Å². The molecule has 6 heteroatoms. The van der Waals surface area contributed by atoms with Crippen molar-refractivity contribution in [3.63, 3.8) is 0 Å². The number of benzene rings is 2. The Bertz CT molecular complexity index is 958. The minimum atomic E-state index is -0.155. The normalized spacial score (nSPS) is 10.7. The number of rotatable bonds is 6. The molecular weight excluding hydrogens is 332 g/mol. The number of aryl methyl sites for hydroxylation is 2. The summed E-state index contributed by atoms with van der Waals surface area (Å²) in [5.74, 6) is 1.38. The average molecular weight is 351 g/mol. The quantitative estimate of drug-likeness (QED) is 0.654. The van der Waals surface area contributed by atoms with Crippen LogP contribution in [0.3, 0.4) is 0 Å². The molecule has 0 spiro atoms. The zero-order valence-electron chi connectivity index (χ0n) is 14.6. The summed E-state index contributed by atoms with van der Waals surface area (Å²) in [6, 6.07) is 14.4. The molecule has 0 aliphatic rings. The van der Waals surface area contributed by atoms with E-state index in [4.69, 9.17) is 9.62 Å². The Kier molecular flexibility index (Phi) is 4.93. The molecule has 0 unspecified atom stereocenters. The maximum Gasteiger partial charge on any atom is 0.317 e. The van der Waals surface area contributed by atoms with Crippen molar-refractivity contribution in [2.24, 2.45) is 0 Å². The zero-order valence-corrected chi connectivity index (χ0v) is 14.6. The summed E-state index contributed by atoms with van der Waals surface area (Å²) in [4.78, 5) is 26.6. The van der Waals surface area contributed by atoms with Crippen molar-refractivity contribution in [2.45, 2.75) is 26.7 Å². The molecule has 0 radical (unpaired) electrons. The van der Waals surface area contributed by atoms with Gasteiger partial charge >= 0.3 is 5.69 Å². The second-order valence-corrected chi connectivity index (χ2v) is 6.11. The Labute approximate surface area is 150 Å². The highest BCUT2D eigenvalue weighted by Crippen LogP contribution is 2.29. The molecule has 3 rings (SSSR count). The van der Waals surface area contributed by atoms with Gasteiger partial charge in [-0.05, 0) is 18.1 Å². The van der Waals surface area contributed by atoms with Crippen LogP contribution in [0.5, 0.6) is 0 Å². The minimum absolute atomic E-state index is 0.108. The summed E-state index contributed by atoms with van der Waals surface area (Å²) in [5, 5.41) is 9.05. The van der Waals surface area contributed by atoms with Crippen molar-refractivity contribution >= 4 is 11.5 Å². The van der Waals surface area contributed by atoms with E-state index in [0.717, 1.165) is 22.4 Å². The van der Waals surface area contributed by atoms with E-state index in [9.17, 15) is 9.70 Å². The van der Waals surface area contributed by atoms with Gasteiger partial charge in [-0.15, -0.1) is 0 Å². The fourth-order valence-corrected chi connectivity index (χ4v) is 2.78. The summed E-state index contributed by atoms with van der Waals surface area (Å²) >= 11 is 0. The predicted octanol–water partition coefficient (Wildman–Crippen LogP) is 4.64. The van der Waals surface area contributed by atoms with E-state index in [2.05, 4.69) is 4.98 Å². The lowest BCUT2D eigenvalue weighted by Crippen LogP contribution is -1.94. The lowest BCUT2D eigenvalue weighted by molar-refractivity contribution is -0.729. The predicted molar refractivity (Wildman–Crippen MR) is 96.2 cm³/mol. The summed E-state index contributed by atoms with van der Waals surface area (Å²) in [5.41, 5.74) is 3.53. The Balaban J connectivity index is 1.90. The highest BCUT2D eigenvalue weighted by Gasteiger charge is 2.15. The van der Waals surface area contributed by atoms with Crippen LogP contribution in [0.4, 0.5) is 5.69 Å². The lowest BCUT2D eigenvalue weighted by Gasteiger charge is -2.04. The van der Waals surface area contributed by atoms with Crippen molar-refractivity contribution in [1.29, 1.82) is 0 Å². The van der Waals surface area contributed by atoms with E-state index in [1.165, 1.54) is 6.07 Å². The fourth-order valence-electron chi connectivity index (χ4n) is 2.78. The Morgan fingerprint density at radius 1 is 1.12 bits per heavy atom. The molecule has 0 saturated carbocycles. The van der Waals surface area contributed by atoms with Crippen LogP contribution in [0.15, 0.2) is 52.9 Å². The first-order valence-corrected chi connectivity index (χ1v) is 8.27. The van der Waals surface area contributed by atoms with Crippen molar-refractivity contribution in [2.75, 3.05) is 0 Å². The third-order valence-electron chi connectivity index (χ3n) is 4.07. The number of carbonyl (C=O) groups is 1. The SMILES string of the molecule is CC(=O)CCc1oc(C)nc1-c1ccc(-c2cccc([N+](=O)O)c2)cc1. The van der Waals surface area contributed by atoms with Gasteiger partial charge in [0.25, 0.3) is 4.92 Å². The molecule has 0 aliphatic carbocycles. The molecule has 6 nitrogen and oxygen atoms in total. The Hall–Kier alpha value is -3.28. The molecule has 0 bridgehead atoms. The van der Waals surface area contributed by atoms with Crippen LogP contribution in [0.25, 0.3) is 22.4 Å². The number of oxazole rings is 1. The Morgan fingerprint density at radius 3 is 2.46 bits per heavy atom. The van der Waals surface area contributed by atoms with E-state index in [-0.39, 0.29) is 16.4 Å². The van der Waals surface area contributed by atoms with E-state index in [1.807, 2.05) is 30.3 Å². The second kappa shape index (κ2) is 7.31. The maximum atomic E-state index is 11.2. The highest BCUT2D eigenvalue weighted by molar-refractivity contribution is 5.76. The summed E-state index contributed by atoms with van der Waals surface area (Å²) < 4.78 is 5.65. The molecule has 132 valence electrons. The first-order valence-electron chi connectivity index (χ1n) is 8.27. The number of hydrogen-bond donors (Lipinski definition) is 1. The highest BCUT2D eigenvalue weighted by atomic mass is 16.6. The number of hydrogen-bond acceptors (Lipinski definition) is 4. The van der Waals surface area contributed by atoms with Crippen molar-refractivity contribution in [3.05, 3.63) is 65.1 Å². The minimum Gasteiger partial charge on any atom is -0.445 e. The Morgan fingerprint density at radius 2 is 1.81 bits per heavy atom. The molecule has 26 heavy (non-hydrogen) atoms. The smallest absolute Gasteiger partial charge is 0.317 e. The average Bonchev–Trinajstić information content (AvgIpc) is 3.01. The van der Waals surface area contributed by atoms with E-state index in [1.54, 1.807) is 26.0 Å². The second-order valence-electron chi connectivity index (χ2n) is 6.11. The molecule has 1 heterocycles. The first-order chi connectivity index (χ1) is 12.4. The maximum absolute atomic E-state index is 11.2. The zero-order chi connectivity index (χ0) is 18.7. The molecule has 0 amide bonds. The molecule has 0 atom stereocenters. The standard InChI is InChI=1S/C20H19N2O4/c1-13(23)6-11-19-20(21-14(2)26-19)16-9-7-15(8-10-16)17-4-3-5-18(12-17)22(24)25/h3-5,7-10,12H,6,11H2,1-2H3,(H,24,25)/q+1. The van der Waals surface area contributed by atoms with Gasteiger partial charge < -0.3 is 9.21 Å². The molecule has 1 aromatic heterocycles. The number of Topliss-reactive ketones (excluding diaryl/α,β-unsaturated/α-hetero) is 1. The van der Waals surface area contributed by atoms with Gasteiger partial charge in [0, 0.05) is 37.5 Å². The monoisotopic (exact) mass is 351 g/mol. The largest absolute Gasteiger partial charge is 0.445 e. The van der Waals surface area contributed by atoms with Crippen LogP contribution in [-0.2, 0) is 11.2 Å². The lowest BCUT2D eigenvalue weighted by atomic mass is 10.0. The summed E-state index contributed by atoms with van der Waals surface area (Å²) in [6.45, 7) is 3.34. The molecule has 2 aromatic carbocycles. The van der Waals surface area contributed by atoms with Gasteiger partial charge in [0.1, 0.15) is 17.2 Å². The van der Waals surface area contributed by atoms with Gasteiger partial charge in [-0.25, -0.2) is 10.2 Å². The van der Waals surface area contributed by atoms with Crippen molar-refractivity contribution in [3.8, 4) is 22.4 Å². The third-order valence-corrected chi connectivity index (χ3v) is 4.07. The topological polar surface area (TPSA) is 83.4 Å². The summed E-state index contributed by atoms with van der Waals surface area (Å²) in [7, 11) is 0. The fraction of sp³-hybridized carbons (Fsp3) is 0.200. The van der Waals surface area contributed by atoms with Crippen LogP contribution in [0.1, 0.15) is 25.0 Å². The molecule has 3 aromatic rings. The molecule has 0 aliphatic heterocycles. The van der Waals surface area contributed by atoms with Crippen LogP contribution >= 0.6 is 0 Å². The van der Waals surface area contributed by atoms with Crippen LogP contribution in [-0.4, -0.2) is 20.9 Å². The van der Waals surface area contributed by atoms with Gasteiger partial charge in [0.2, 0.25) is 0 Å². The van der Waals surface area contributed by atoms with Crippen LogP contribution in [0, 0.1) is 11.8 Å². The number of aromatic nitrogens is 1. The third kappa shape index (κ3) is 3.85. The van der Waals surface area contributed by atoms with Gasteiger partial charge in [-0.1, -0.05) is 36.4 Å². The molecule has 1 N–H and O–H groups in total. The van der Waals surface area contributed by atoms with Crippen molar-refractivity contribution < 1.29 is 19.3 Å². The summed E-state index contributed by atoms with van der Waals surface area (Å²) in [6.07, 6.45) is 0.935. The van der Waals surface area contributed by atoms with Gasteiger partial charge in [-0.3, -0.25) is 0 Å². The van der Waals surface area contributed by atoms with Gasteiger partial charge in [0.15, 0.2) is 5.89 Å². The van der Waals surface area contributed by atoms with Gasteiger partial charge in [-0.2, -0.15) is 0 Å². The molecule has 0 fully saturated rings. The van der Waals surface area contributed by atoms with Crippen molar-refractivity contribution in [1.82, 2.24) is 4.98 Å². The number of nitrogens with zero attached hydrogens (tertiary/aromatic N) is 2. The molecular formula is C20H19N2O4+. The van der Waals surface area contributed by atoms with Gasteiger partial charge in [0.05, 0.1) is 4.91 Å². The van der Waals surface area contributed by atoms with E-state index in [0.29, 0.717) is 24.5 Å². The van der Waals surface area contributed by atoms with Crippen LogP contribution in [0.2, 0.25) is 0 Å². The molecule has 0 saturated heterocycles. The van der Waals surface area contributed by atoms with E-state index < -0.39 is 0 Å². The number of carbonyl (C=O) groups excluding carboxylic acids is 1.